The average Bonchev–Trinajstić information content (AvgIpc) is 3.03. The van der Waals surface area contributed by atoms with Crippen molar-refractivity contribution in [3.05, 3.63) is 18.7 Å². The highest BCUT2D eigenvalue weighted by Gasteiger charge is 2.44. The zero-order valence-corrected chi connectivity index (χ0v) is 12.7. The molecule has 130 valence electrons. The molecule has 6 nitrogen and oxygen atoms in total. The van der Waals surface area contributed by atoms with Crippen molar-refractivity contribution < 1.29 is 23.1 Å². The van der Waals surface area contributed by atoms with E-state index in [9.17, 15) is 23.1 Å². The summed E-state index contributed by atoms with van der Waals surface area (Å²) in [5.74, 6) is -0.833. The molecule has 0 bridgehead atoms. The number of carbonyl (C=O) groups excluding carboxylic acids is 1. The highest BCUT2D eigenvalue weighted by Crippen LogP contribution is 2.31. The Morgan fingerprint density at radius 3 is 2.65 bits per heavy atom. The van der Waals surface area contributed by atoms with Gasteiger partial charge in [-0.15, -0.1) is 0 Å². The summed E-state index contributed by atoms with van der Waals surface area (Å²) in [5, 5.41) is 12.0. The number of likely N-dealkylation sites (tertiary alicyclic amines) is 1. The van der Waals surface area contributed by atoms with Gasteiger partial charge in [-0.2, -0.15) is 13.2 Å². The first kappa shape index (κ1) is 17.6. The van der Waals surface area contributed by atoms with Crippen LogP contribution in [0, 0.1) is 5.92 Å². The molecule has 1 atom stereocenters. The van der Waals surface area contributed by atoms with Crippen molar-refractivity contribution in [2.45, 2.75) is 38.1 Å². The second-order valence-electron chi connectivity index (χ2n) is 5.70. The summed E-state index contributed by atoms with van der Waals surface area (Å²) in [6, 6.07) is -0.268. The van der Waals surface area contributed by atoms with Gasteiger partial charge in [0, 0.05) is 38.6 Å². The Balaban J connectivity index is 1.65. The molecule has 0 unspecified atom stereocenters. The molecule has 1 aromatic heterocycles. The number of carbonyl (C=O) groups is 1. The number of hydrogen-bond donors (Lipinski definition) is 2. The van der Waals surface area contributed by atoms with E-state index >= 15 is 0 Å². The van der Waals surface area contributed by atoms with Crippen LogP contribution < -0.4 is 5.32 Å². The topological polar surface area (TPSA) is 70.4 Å². The summed E-state index contributed by atoms with van der Waals surface area (Å²) in [7, 11) is 0. The van der Waals surface area contributed by atoms with E-state index in [-0.39, 0.29) is 32.0 Å². The lowest BCUT2D eigenvalue weighted by molar-refractivity contribution is -0.222. The third-order valence-electron chi connectivity index (χ3n) is 4.04. The number of amides is 2. The molecule has 1 aromatic rings. The smallest absolute Gasteiger partial charge is 0.383 e. The van der Waals surface area contributed by atoms with Gasteiger partial charge in [0.25, 0.3) is 0 Å². The Labute approximate surface area is 132 Å². The summed E-state index contributed by atoms with van der Waals surface area (Å²) < 4.78 is 39.3. The Kier molecular flexibility index (Phi) is 5.86. The van der Waals surface area contributed by atoms with Gasteiger partial charge in [0.05, 0.1) is 6.33 Å². The zero-order valence-electron chi connectivity index (χ0n) is 12.7. The van der Waals surface area contributed by atoms with Crippen LogP contribution in [0.25, 0.3) is 0 Å². The summed E-state index contributed by atoms with van der Waals surface area (Å²) >= 11 is 0. The fourth-order valence-corrected chi connectivity index (χ4v) is 2.67. The fourth-order valence-electron chi connectivity index (χ4n) is 2.67. The van der Waals surface area contributed by atoms with Crippen molar-refractivity contribution in [1.29, 1.82) is 0 Å². The zero-order chi connectivity index (χ0) is 16.9. The molecule has 1 fully saturated rings. The van der Waals surface area contributed by atoms with Crippen LogP contribution in [0.2, 0.25) is 0 Å². The molecule has 2 rings (SSSR count). The number of aliphatic hydroxyl groups excluding tert-OH is 1. The van der Waals surface area contributed by atoms with Crippen LogP contribution in [-0.4, -0.2) is 57.5 Å². The first-order valence-corrected chi connectivity index (χ1v) is 7.61. The molecule has 0 aromatic carbocycles. The van der Waals surface area contributed by atoms with Crippen LogP contribution in [0.3, 0.4) is 0 Å². The highest BCUT2D eigenvalue weighted by atomic mass is 19.4. The number of nitrogens with one attached hydrogen (secondary N) is 1. The van der Waals surface area contributed by atoms with Gasteiger partial charge in [-0.05, 0) is 25.2 Å². The van der Waals surface area contributed by atoms with Crippen LogP contribution in [0.1, 0.15) is 19.3 Å². The van der Waals surface area contributed by atoms with Crippen LogP contribution in [0.15, 0.2) is 18.7 Å². The molecule has 0 saturated carbocycles. The molecule has 0 spiro atoms. The minimum Gasteiger partial charge on any atom is -0.383 e. The Morgan fingerprint density at radius 2 is 2.09 bits per heavy atom. The minimum absolute atomic E-state index is 0.156. The largest absolute Gasteiger partial charge is 0.414 e. The normalized spacial score (nSPS) is 18.0. The van der Waals surface area contributed by atoms with Gasteiger partial charge < -0.3 is 19.9 Å². The first-order valence-electron chi connectivity index (χ1n) is 7.61. The number of aromatic nitrogens is 2. The number of hydrogen-bond acceptors (Lipinski definition) is 3. The number of halogens is 3. The van der Waals surface area contributed by atoms with Crippen LogP contribution in [-0.2, 0) is 6.54 Å². The fraction of sp³-hybridized carbons (Fsp3) is 0.714. The lowest BCUT2D eigenvalue weighted by atomic mass is 9.91. The molecule has 1 aliphatic rings. The van der Waals surface area contributed by atoms with Gasteiger partial charge in [0.1, 0.15) is 0 Å². The van der Waals surface area contributed by atoms with Crippen molar-refractivity contribution in [2.75, 3.05) is 19.6 Å². The van der Waals surface area contributed by atoms with E-state index in [2.05, 4.69) is 10.3 Å². The second kappa shape index (κ2) is 7.67. The van der Waals surface area contributed by atoms with Gasteiger partial charge in [-0.1, -0.05) is 0 Å². The van der Waals surface area contributed by atoms with E-state index < -0.39 is 18.2 Å². The van der Waals surface area contributed by atoms with E-state index in [4.69, 9.17) is 0 Å². The van der Waals surface area contributed by atoms with Gasteiger partial charge in [-0.25, -0.2) is 9.78 Å². The highest BCUT2D eigenvalue weighted by molar-refractivity contribution is 5.74. The quantitative estimate of drug-likeness (QED) is 0.804. The van der Waals surface area contributed by atoms with Crippen molar-refractivity contribution in [3.63, 3.8) is 0 Å². The summed E-state index contributed by atoms with van der Waals surface area (Å²) in [6.45, 7) is 1.68. The Morgan fingerprint density at radius 1 is 1.39 bits per heavy atom. The Bertz CT molecular complexity index is 485. The molecular weight excluding hydrogens is 313 g/mol. The number of imidazole rings is 1. The number of alkyl halides is 3. The molecular formula is C14H21F3N4O2. The summed E-state index contributed by atoms with van der Waals surface area (Å²) in [5.41, 5.74) is 0. The maximum Gasteiger partial charge on any atom is 0.414 e. The monoisotopic (exact) mass is 334 g/mol. The van der Waals surface area contributed by atoms with Gasteiger partial charge in [-0.3, -0.25) is 0 Å². The van der Waals surface area contributed by atoms with Crippen molar-refractivity contribution in [3.8, 4) is 0 Å². The molecule has 23 heavy (non-hydrogen) atoms. The average molecular weight is 334 g/mol. The molecule has 0 radical (unpaired) electrons. The number of aliphatic hydroxyl groups is 1. The molecule has 0 aliphatic carbocycles. The third-order valence-corrected chi connectivity index (χ3v) is 4.04. The number of rotatable bonds is 5. The van der Waals surface area contributed by atoms with Crippen molar-refractivity contribution in [1.82, 2.24) is 19.8 Å². The maximum atomic E-state index is 12.5. The number of piperidine rings is 1. The van der Waals surface area contributed by atoms with E-state index in [1.165, 1.54) is 4.90 Å². The predicted molar refractivity (Wildman–Crippen MR) is 76.6 cm³/mol. The molecule has 1 aliphatic heterocycles. The SMILES string of the molecule is O=C(NCCCn1ccnc1)N1CCC([C@@H](O)C(F)(F)F)CC1. The van der Waals surface area contributed by atoms with Gasteiger partial charge >= 0.3 is 12.2 Å². The summed E-state index contributed by atoms with van der Waals surface area (Å²) in [4.78, 5) is 17.4. The first-order chi connectivity index (χ1) is 10.9. The number of urea groups is 1. The second-order valence-corrected chi connectivity index (χ2v) is 5.70. The van der Waals surface area contributed by atoms with Gasteiger partial charge in [0.15, 0.2) is 6.10 Å². The standard InChI is InChI=1S/C14H21F3N4O2/c15-14(16,17)12(22)11-2-7-21(8-3-11)13(23)19-4-1-6-20-9-5-18-10-20/h5,9-12,22H,1-4,6-8H2,(H,19,23)/t12-/m1/s1. The molecule has 9 heteroatoms. The van der Waals surface area contributed by atoms with Crippen LogP contribution >= 0.6 is 0 Å². The van der Waals surface area contributed by atoms with Crippen LogP contribution in [0.4, 0.5) is 18.0 Å². The van der Waals surface area contributed by atoms with Gasteiger partial charge in [0.2, 0.25) is 0 Å². The number of aryl methyl sites for hydroxylation is 1. The third kappa shape index (κ3) is 5.12. The van der Waals surface area contributed by atoms with E-state index in [0.717, 1.165) is 13.0 Å². The lowest BCUT2D eigenvalue weighted by Crippen LogP contribution is -2.48. The number of nitrogens with zero attached hydrogens (tertiary/aromatic N) is 3. The molecule has 2 heterocycles. The predicted octanol–water partition coefficient (Wildman–Crippen LogP) is 1.62. The van der Waals surface area contributed by atoms with Crippen molar-refractivity contribution in [2.24, 2.45) is 5.92 Å². The lowest BCUT2D eigenvalue weighted by Gasteiger charge is -2.34. The summed E-state index contributed by atoms with van der Waals surface area (Å²) in [6.07, 6.45) is -0.641. The van der Waals surface area contributed by atoms with E-state index in [1.54, 1.807) is 12.5 Å². The molecule has 2 amide bonds. The van der Waals surface area contributed by atoms with E-state index in [1.807, 2.05) is 10.8 Å². The minimum atomic E-state index is -4.59. The van der Waals surface area contributed by atoms with Crippen molar-refractivity contribution >= 4 is 6.03 Å². The van der Waals surface area contributed by atoms with E-state index in [0.29, 0.717) is 6.54 Å². The molecule has 2 N–H and O–H groups in total. The maximum absolute atomic E-state index is 12.5. The van der Waals surface area contributed by atoms with Crippen LogP contribution in [0.5, 0.6) is 0 Å². The Hall–Kier alpha value is -1.77. The molecule has 1 saturated heterocycles.